The summed E-state index contributed by atoms with van der Waals surface area (Å²) in [6, 6.07) is 6.70. The van der Waals surface area contributed by atoms with E-state index in [2.05, 4.69) is 32.0 Å². The number of benzene rings is 1. The van der Waals surface area contributed by atoms with Gasteiger partial charge in [-0.15, -0.1) is 0 Å². The highest BCUT2D eigenvalue weighted by Crippen LogP contribution is 2.42. The van der Waals surface area contributed by atoms with Crippen LogP contribution in [0.25, 0.3) is 5.57 Å². The summed E-state index contributed by atoms with van der Waals surface area (Å²) in [6.45, 7) is 9.62. The highest BCUT2D eigenvalue weighted by Gasteiger charge is 2.42. The lowest BCUT2D eigenvalue weighted by molar-refractivity contribution is -0.195. The van der Waals surface area contributed by atoms with Gasteiger partial charge in [0.25, 0.3) is 0 Å². The molecule has 2 aliphatic carbocycles. The van der Waals surface area contributed by atoms with E-state index in [0.29, 0.717) is 17.7 Å². The SMILES string of the molecule is CC1=C(c2ccc(C3CC3)cc2C)C=C(N)C(C(O)(O)C(C)(C)C)=CC1. The summed E-state index contributed by atoms with van der Waals surface area (Å²) < 4.78 is 0. The summed E-state index contributed by atoms with van der Waals surface area (Å²) in [5.41, 5.74) is 12.5. The van der Waals surface area contributed by atoms with E-state index in [1.165, 1.54) is 35.1 Å². The Hall–Kier alpha value is -1.84. The van der Waals surface area contributed by atoms with Crippen LogP contribution < -0.4 is 5.73 Å². The number of hydrogen-bond donors (Lipinski definition) is 3. The van der Waals surface area contributed by atoms with E-state index in [4.69, 9.17) is 5.73 Å². The number of hydrogen-bond acceptors (Lipinski definition) is 3. The molecule has 0 spiro atoms. The molecule has 0 radical (unpaired) electrons. The minimum atomic E-state index is -1.98. The van der Waals surface area contributed by atoms with Crippen molar-refractivity contribution in [1.29, 1.82) is 0 Å². The van der Waals surface area contributed by atoms with Crippen LogP contribution in [0, 0.1) is 12.3 Å². The van der Waals surface area contributed by atoms with Gasteiger partial charge in [-0.2, -0.15) is 0 Å². The van der Waals surface area contributed by atoms with Crippen molar-refractivity contribution in [2.45, 2.75) is 65.6 Å². The first kappa shape index (κ1) is 18.9. The number of aliphatic hydroxyl groups is 2. The van der Waals surface area contributed by atoms with Gasteiger partial charge in [0.1, 0.15) is 0 Å². The summed E-state index contributed by atoms with van der Waals surface area (Å²) >= 11 is 0. The zero-order valence-electron chi connectivity index (χ0n) is 16.6. The van der Waals surface area contributed by atoms with Gasteiger partial charge in [0.05, 0.1) is 0 Å². The summed E-state index contributed by atoms with van der Waals surface area (Å²) in [5.74, 6) is -1.24. The van der Waals surface area contributed by atoms with E-state index in [-0.39, 0.29) is 0 Å². The molecule has 4 N–H and O–H groups in total. The first-order valence-corrected chi connectivity index (χ1v) is 9.46. The second-order valence-electron chi connectivity index (χ2n) is 8.89. The maximum atomic E-state index is 10.7. The van der Waals surface area contributed by atoms with Gasteiger partial charge in [0, 0.05) is 16.7 Å². The molecule has 0 aliphatic heterocycles. The van der Waals surface area contributed by atoms with E-state index in [1.807, 2.05) is 12.2 Å². The highest BCUT2D eigenvalue weighted by atomic mass is 16.5. The molecule has 3 nitrogen and oxygen atoms in total. The minimum absolute atomic E-state index is 0.395. The Balaban J connectivity index is 2.00. The molecule has 3 heteroatoms. The minimum Gasteiger partial charge on any atom is -0.398 e. The Bertz CT molecular complexity index is 815. The molecule has 140 valence electrons. The lowest BCUT2D eigenvalue weighted by atomic mass is 9.79. The van der Waals surface area contributed by atoms with Crippen molar-refractivity contribution < 1.29 is 10.2 Å². The van der Waals surface area contributed by atoms with Gasteiger partial charge in [0.2, 0.25) is 0 Å². The number of rotatable bonds is 3. The van der Waals surface area contributed by atoms with Crippen molar-refractivity contribution in [2.24, 2.45) is 11.1 Å². The quantitative estimate of drug-likeness (QED) is 0.699. The third-order valence-electron chi connectivity index (χ3n) is 5.69. The van der Waals surface area contributed by atoms with Gasteiger partial charge in [-0.1, -0.05) is 50.6 Å². The zero-order chi connectivity index (χ0) is 19.3. The Morgan fingerprint density at radius 2 is 1.73 bits per heavy atom. The summed E-state index contributed by atoms with van der Waals surface area (Å²) in [6.07, 6.45) is 6.99. The molecular weight excluding hydrogens is 322 g/mol. The van der Waals surface area contributed by atoms with Gasteiger partial charge >= 0.3 is 0 Å². The highest BCUT2D eigenvalue weighted by molar-refractivity contribution is 5.80. The average Bonchev–Trinajstić information content (AvgIpc) is 3.36. The fourth-order valence-corrected chi connectivity index (χ4v) is 3.55. The number of nitrogens with two attached hydrogens (primary N) is 1. The van der Waals surface area contributed by atoms with E-state index in [1.54, 1.807) is 20.8 Å². The van der Waals surface area contributed by atoms with Crippen molar-refractivity contribution in [1.82, 2.24) is 0 Å². The van der Waals surface area contributed by atoms with Crippen LogP contribution in [-0.4, -0.2) is 16.0 Å². The van der Waals surface area contributed by atoms with Crippen molar-refractivity contribution in [2.75, 3.05) is 0 Å². The van der Waals surface area contributed by atoms with Crippen LogP contribution >= 0.6 is 0 Å². The first-order valence-electron chi connectivity index (χ1n) is 9.46. The molecule has 0 atom stereocenters. The molecule has 3 rings (SSSR count). The molecule has 0 unspecified atom stereocenters. The summed E-state index contributed by atoms with van der Waals surface area (Å²) in [5, 5.41) is 21.4. The normalized spacial score (nSPS) is 19.2. The molecule has 0 bridgehead atoms. The third kappa shape index (κ3) is 3.38. The second-order valence-corrected chi connectivity index (χ2v) is 8.89. The molecular formula is C23H31NO2. The van der Waals surface area contributed by atoms with Crippen LogP contribution in [0.2, 0.25) is 0 Å². The Labute approximate surface area is 156 Å². The fourth-order valence-electron chi connectivity index (χ4n) is 3.55. The fraction of sp³-hybridized carbons (Fsp3) is 0.478. The lowest BCUT2D eigenvalue weighted by Crippen LogP contribution is -2.45. The molecule has 1 aromatic carbocycles. The van der Waals surface area contributed by atoms with E-state index in [0.717, 1.165) is 11.5 Å². The number of aryl methyl sites for hydroxylation is 1. The molecule has 1 fully saturated rings. The van der Waals surface area contributed by atoms with Gasteiger partial charge in [-0.25, -0.2) is 0 Å². The maximum Gasteiger partial charge on any atom is 0.196 e. The van der Waals surface area contributed by atoms with Crippen molar-refractivity contribution in [3.05, 3.63) is 63.9 Å². The Kier molecular flexibility index (Phi) is 4.66. The molecule has 1 saturated carbocycles. The Morgan fingerprint density at radius 3 is 2.27 bits per heavy atom. The standard InChI is InChI=1S/C23H31NO2/c1-14-6-11-20(23(25,26)22(3,4)5)21(24)13-19(14)18-10-9-17(12-15(18)2)16-7-8-16/h9-13,16,25-26H,6-8,24H2,1-5H3. The molecule has 0 amide bonds. The van der Waals surface area contributed by atoms with Crippen molar-refractivity contribution in [3.63, 3.8) is 0 Å². The van der Waals surface area contributed by atoms with Gasteiger partial charge in [-0.05, 0) is 67.4 Å². The predicted molar refractivity (Wildman–Crippen MR) is 107 cm³/mol. The molecule has 1 aromatic rings. The molecule has 26 heavy (non-hydrogen) atoms. The van der Waals surface area contributed by atoms with Gasteiger partial charge < -0.3 is 15.9 Å². The largest absolute Gasteiger partial charge is 0.398 e. The molecule has 2 aliphatic rings. The smallest absolute Gasteiger partial charge is 0.196 e. The van der Waals surface area contributed by atoms with E-state index >= 15 is 0 Å². The van der Waals surface area contributed by atoms with Crippen LogP contribution in [0.5, 0.6) is 0 Å². The maximum absolute atomic E-state index is 10.7. The summed E-state index contributed by atoms with van der Waals surface area (Å²) in [4.78, 5) is 0. The molecule has 0 heterocycles. The van der Waals surface area contributed by atoms with Crippen LogP contribution in [0.3, 0.4) is 0 Å². The summed E-state index contributed by atoms with van der Waals surface area (Å²) in [7, 11) is 0. The van der Waals surface area contributed by atoms with Gasteiger partial charge in [-0.3, -0.25) is 0 Å². The monoisotopic (exact) mass is 353 g/mol. The topological polar surface area (TPSA) is 66.5 Å². The predicted octanol–water partition coefficient (Wildman–Crippen LogP) is 4.55. The van der Waals surface area contributed by atoms with E-state index < -0.39 is 11.2 Å². The van der Waals surface area contributed by atoms with Crippen molar-refractivity contribution in [3.8, 4) is 0 Å². The Morgan fingerprint density at radius 1 is 1.08 bits per heavy atom. The lowest BCUT2D eigenvalue weighted by Gasteiger charge is -2.37. The van der Waals surface area contributed by atoms with Crippen LogP contribution in [-0.2, 0) is 0 Å². The van der Waals surface area contributed by atoms with Gasteiger partial charge in [0.15, 0.2) is 5.79 Å². The van der Waals surface area contributed by atoms with Crippen molar-refractivity contribution >= 4 is 5.57 Å². The zero-order valence-corrected chi connectivity index (χ0v) is 16.6. The molecule has 0 aromatic heterocycles. The van der Waals surface area contributed by atoms with Crippen LogP contribution in [0.4, 0.5) is 0 Å². The van der Waals surface area contributed by atoms with Crippen LogP contribution in [0.1, 0.15) is 69.6 Å². The molecule has 0 saturated heterocycles. The van der Waals surface area contributed by atoms with E-state index in [9.17, 15) is 10.2 Å². The third-order valence-corrected chi connectivity index (χ3v) is 5.69. The second kappa shape index (κ2) is 6.40. The first-order chi connectivity index (χ1) is 12.0. The number of allylic oxidation sites excluding steroid dienone is 4. The average molecular weight is 354 g/mol. The van der Waals surface area contributed by atoms with Crippen LogP contribution in [0.15, 0.2) is 47.2 Å².